The van der Waals surface area contributed by atoms with E-state index in [0.29, 0.717) is 13.1 Å². The van der Waals surface area contributed by atoms with Crippen LogP contribution in [0.15, 0.2) is 48.8 Å². The van der Waals surface area contributed by atoms with Gasteiger partial charge >= 0.3 is 6.03 Å². The molecule has 1 aromatic carbocycles. The zero-order valence-corrected chi connectivity index (χ0v) is 17.9. The Morgan fingerprint density at radius 3 is 2.55 bits per heavy atom. The minimum Gasteiger partial charge on any atom is -0.334 e. The van der Waals surface area contributed by atoms with Crippen molar-refractivity contribution in [2.24, 2.45) is 0 Å². The van der Waals surface area contributed by atoms with E-state index in [1.54, 1.807) is 0 Å². The Labute approximate surface area is 176 Å². The Morgan fingerprint density at radius 1 is 1.10 bits per heavy atom. The SMILES string of the molecule is CCN1CCc2c(sc(-n3cccc3)c2CNC(=O)NCc2ccc(C)cc2)C1. The van der Waals surface area contributed by atoms with Crippen molar-refractivity contribution in [2.45, 2.75) is 39.9 Å². The monoisotopic (exact) mass is 408 g/mol. The third-order valence-corrected chi connectivity index (χ3v) is 6.78. The van der Waals surface area contributed by atoms with Crippen molar-refractivity contribution in [3.05, 3.63) is 75.9 Å². The molecular weight excluding hydrogens is 380 g/mol. The van der Waals surface area contributed by atoms with Crippen LogP contribution in [-0.2, 0) is 26.1 Å². The number of thiophene rings is 1. The summed E-state index contributed by atoms with van der Waals surface area (Å²) in [5.41, 5.74) is 5.00. The maximum absolute atomic E-state index is 12.4. The van der Waals surface area contributed by atoms with Gasteiger partial charge in [-0.1, -0.05) is 36.8 Å². The Kier molecular flexibility index (Phi) is 6.02. The van der Waals surface area contributed by atoms with Gasteiger partial charge in [0.15, 0.2) is 0 Å². The number of likely N-dealkylation sites (N-methyl/N-ethyl adjacent to an activating group) is 1. The lowest BCUT2D eigenvalue weighted by Gasteiger charge is -2.25. The molecule has 4 rings (SSSR count). The Morgan fingerprint density at radius 2 is 1.83 bits per heavy atom. The van der Waals surface area contributed by atoms with Crippen molar-refractivity contribution >= 4 is 17.4 Å². The van der Waals surface area contributed by atoms with Crippen molar-refractivity contribution in [1.29, 1.82) is 0 Å². The first kappa shape index (κ1) is 19.7. The van der Waals surface area contributed by atoms with E-state index in [-0.39, 0.29) is 6.03 Å². The van der Waals surface area contributed by atoms with Gasteiger partial charge in [0.05, 0.1) is 0 Å². The molecule has 1 aliphatic rings. The molecule has 0 saturated carbocycles. The molecule has 1 aliphatic heterocycles. The molecule has 0 atom stereocenters. The first-order valence-electron chi connectivity index (χ1n) is 10.2. The number of hydrogen-bond acceptors (Lipinski definition) is 3. The van der Waals surface area contributed by atoms with Crippen LogP contribution in [0.25, 0.3) is 5.00 Å². The second-order valence-corrected chi connectivity index (χ2v) is 8.60. The van der Waals surface area contributed by atoms with E-state index >= 15 is 0 Å². The minimum atomic E-state index is -0.130. The minimum absolute atomic E-state index is 0.130. The summed E-state index contributed by atoms with van der Waals surface area (Å²) >= 11 is 1.85. The van der Waals surface area contributed by atoms with Gasteiger partial charge in [-0.25, -0.2) is 4.79 Å². The van der Waals surface area contributed by atoms with E-state index in [1.165, 1.54) is 26.6 Å². The smallest absolute Gasteiger partial charge is 0.315 e. The molecule has 0 radical (unpaired) electrons. The van der Waals surface area contributed by atoms with E-state index in [1.807, 2.05) is 23.5 Å². The van der Waals surface area contributed by atoms with E-state index in [4.69, 9.17) is 0 Å². The highest BCUT2D eigenvalue weighted by molar-refractivity contribution is 7.14. The number of urea groups is 1. The number of carbonyl (C=O) groups excluding carboxylic acids is 1. The van der Waals surface area contributed by atoms with Gasteiger partial charge in [-0.15, -0.1) is 11.3 Å². The second kappa shape index (κ2) is 8.84. The first-order valence-corrected chi connectivity index (χ1v) is 11.0. The lowest BCUT2D eigenvalue weighted by Crippen LogP contribution is -2.35. The number of rotatable bonds is 6. The summed E-state index contributed by atoms with van der Waals surface area (Å²) in [6.07, 6.45) is 5.20. The second-order valence-electron chi connectivity index (χ2n) is 7.52. The molecule has 152 valence electrons. The maximum Gasteiger partial charge on any atom is 0.315 e. The van der Waals surface area contributed by atoms with Gasteiger partial charge in [0.2, 0.25) is 0 Å². The normalized spacial score (nSPS) is 13.9. The van der Waals surface area contributed by atoms with E-state index < -0.39 is 0 Å². The quantitative estimate of drug-likeness (QED) is 0.641. The van der Waals surface area contributed by atoms with Crippen LogP contribution in [-0.4, -0.2) is 28.6 Å². The highest BCUT2D eigenvalue weighted by atomic mass is 32.1. The molecule has 3 heterocycles. The van der Waals surface area contributed by atoms with Crippen LogP contribution in [0.4, 0.5) is 4.79 Å². The number of nitrogens with one attached hydrogen (secondary N) is 2. The van der Waals surface area contributed by atoms with Crippen molar-refractivity contribution in [1.82, 2.24) is 20.1 Å². The van der Waals surface area contributed by atoms with Crippen LogP contribution < -0.4 is 10.6 Å². The number of carbonyl (C=O) groups is 1. The summed E-state index contributed by atoms with van der Waals surface area (Å²) in [7, 11) is 0. The van der Waals surface area contributed by atoms with Gasteiger partial charge in [0.25, 0.3) is 0 Å². The van der Waals surface area contributed by atoms with Crippen LogP contribution >= 0.6 is 11.3 Å². The fourth-order valence-corrected chi connectivity index (χ4v) is 5.13. The van der Waals surface area contributed by atoms with Crippen molar-refractivity contribution < 1.29 is 4.79 Å². The predicted molar refractivity (Wildman–Crippen MR) is 119 cm³/mol. The third-order valence-electron chi connectivity index (χ3n) is 5.51. The number of nitrogens with zero attached hydrogens (tertiary/aromatic N) is 2. The number of benzene rings is 1. The Hall–Kier alpha value is -2.57. The van der Waals surface area contributed by atoms with Crippen LogP contribution in [0.3, 0.4) is 0 Å². The van der Waals surface area contributed by atoms with E-state index in [2.05, 4.69) is 70.6 Å². The highest BCUT2D eigenvalue weighted by Crippen LogP contribution is 2.35. The summed E-state index contributed by atoms with van der Waals surface area (Å²) in [4.78, 5) is 16.3. The summed E-state index contributed by atoms with van der Waals surface area (Å²) in [5, 5.41) is 7.26. The van der Waals surface area contributed by atoms with Crippen LogP contribution in [0.1, 0.15) is 34.1 Å². The zero-order valence-electron chi connectivity index (χ0n) is 17.1. The van der Waals surface area contributed by atoms with Crippen LogP contribution in [0.5, 0.6) is 0 Å². The molecule has 0 aliphatic carbocycles. The molecule has 5 nitrogen and oxygen atoms in total. The number of amides is 2. The molecule has 0 unspecified atom stereocenters. The lowest BCUT2D eigenvalue weighted by atomic mass is 10.0. The highest BCUT2D eigenvalue weighted by Gasteiger charge is 2.24. The Bertz CT molecular complexity index is 960. The van der Waals surface area contributed by atoms with E-state index in [9.17, 15) is 4.79 Å². The number of aromatic nitrogens is 1. The maximum atomic E-state index is 12.4. The van der Waals surface area contributed by atoms with Gasteiger partial charge in [-0.3, -0.25) is 4.90 Å². The lowest BCUT2D eigenvalue weighted by molar-refractivity contribution is 0.240. The standard InChI is InChI=1S/C23H28N4OS/c1-3-26-13-10-19-20(22(29-21(19)16-26)27-11-4-5-12-27)15-25-23(28)24-14-18-8-6-17(2)7-9-18/h4-9,11-12H,3,10,13-16H2,1-2H3,(H2,24,25,28). The third kappa shape index (κ3) is 4.54. The van der Waals surface area contributed by atoms with Crippen LogP contribution in [0, 0.1) is 6.92 Å². The average molecular weight is 409 g/mol. The average Bonchev–Trinajstić information content (AvgIpc) is 3.39. The molecule has 3 aromatic rings. The topological polar surface area (TPSA) is 49.3 Å². The fraction of sp³-hybridized carbons (Fsp3) is 0.348. The van der Waals surface area contributed by atoms with Crippen molar-refractivity contribution in [2.75, 3.05) is 13.1 Å². The molecule has 29 heavy (non-hydrogen) atoms. The molecule has 2 aromatic heterocycles. The van der Waals surface area contributed by atoms with Crippen molar-refractivity contribution in [3.8, 4) is 5.00 Å². The fourth-order valence-electron chi connectivity index (χ4n) is 3.76. The Balaban J connectivity index is 1.45. The molecule has 2 amide bonds. The summed E-state index contributed by atoms with van der Waals surface area (Å²) in [5.74, 6) is 0. The largest absolute Gasteiger partial charge is 0.334 e. The predicted octanol–water partition coefficient (Wildman–Crippen LogP) is 4.22. The van der Waals surface area contributed by atoms with Gasteiger partial charge in [0, 0.05) is 49.0 Å². The molecule has 0 bridgehead atoms. The first-order chi connectivity index (χ1) is 14.1. The molecule has 0 fully saturated rings. The molecule has 0 spiro atoms. The van der Waals surface area contributed by atoms with Gasteiger partial charge in [-0.05, 0) is 43.1 Å². The van der Waals surface area contributed by atoms with Gasteiger partial charge in [0.1, 0.15) is 5.00 Å². The molecule has 2 N–H and O–H groups in total. The number of aryl methyl sites for hydroxylation is 1. The van der Waals surface area contributed by atoms with Crippen molar-refractivity contribution in [3.63, 3.8) is 0 Å². The number of hydrogen-bond donors (Lipinski definition) is 2. The summed E-state index contributed by atoms with van der Waals surface area (Å²) < 4.78 is 2.17. The van der Waals surface area contributed by atoms with E-state index in [0.717, 1.165) is 31.6 Å². The molecule has 6 heteroatoms. The summed E-state index contributed by atoms with van der Waals surface area (Å²) in [6.45, 7) is 8.52. The van der Waals surface area contributed by atoms with Gasteiger partial charge < -0.3 is 15.2 Å². The van der Waals surface area contributed by atoms with Gasteiger partial charge in [-0.2, -0.15) is 0 Å². The molecule has 0 saturated heterocycles. The molecular formula is C23H28N4OS. The number of fused-ring (bicyclic) bond motifs is 1. The van der Waals surface area contributed by atoms with Crippen LogP contribution in [0.2, 0.25) is 0 Å². The summed E-state index contributed by atoms with van der Waals surface area (Å²) in [6, 6.07) is 12.2. The zero-order chi connectivity index (χ0) is 20.2.